The molecule has 3 aromatic rings. The van der Waals surface area contributed by atoms with E-state index in [1.54, 1.807) is 0 Å². The topological polar surface area (TPSA) is 79.9 Å². The first-order valence-corrected chi connectivity index (χ1v) is 7.62. The van der Waals surface area contributed by atoms with Crippen LogP contribution in [0, 0.1) is 5.82 Å². The number of rotatable bonds is 5. The van der Waals surface area contributed by atoms with E-state index in [9.17, 15) is 9.18 Å². The Bertz CT molecular complexity index is 817. The van der Waals surface area contributed by atoms with Crippen LogP contribution in [0.25, 0.3) is 10.7 Å². The molecule has 8 heteroatoms. The van der Waals surface area contributed by atoms with Gasteiger partial charge in [0.2, 0.25) is 0 Å². The number of halogens is 1. The molecular formula is C15H13FN4O2S. The number of H-pyrrole nitrogens is 1. The van der Waals surface area contributed by atoms with Gasteiger partial charge in [-0.25, -0.2) is 9.37 Å². The van der Waals surface area contributed by atoms with Crippen LogP contribution in [-0.2, 0) is 6.54 Å². The lowest BCUT2D eigenvalue weighted by Gasteiger charge is -2.06. The summed E-state index contributed by atoms with van der Waals surface area (Å²) in [6.45, 7) is 0.191. The normalized spacial score (nSPS) is 10.5. The number of amides is 1. The summed E-state index contributed by atoms with van der Waals surface area (Å²) < 4.78 is 18.2. The van der Waals surface area contributed by atoms with Crippen LogP contribution >= 0.6 is 11.3 Å². The van der Waals surface area contributed by atoms with Crippen molar-refractivity contribution in [1.29, 1.82) is 0 Å². The fraction of sp³-hybridized carbons (Fsp3) is 0.133. The summed E-state index contributed by atoms with van der Waals surface area (Å²) in [5, 5.41) is 11.5. The number of benzene rings is 1. The fourth-order valence-electron chi connectivity index (χ4n) is 1.96. The van der Waals surface area contributed by atoms with E-state index in [-0.39, 0.29) is 18.2 Å². The molecule has 0 spiro atoms. The quantitative estimate of drug-likeness (QED) is 0.753. The number of ether oxygens (including phenoxy) is 1. The van der Waals surface area contributed by atoms with Crippen molar-refractivity contribution in [3.63, 3.8) is 0 Å². The van der Waals surface area contributed by atoms with Gasteiger partial charge in [-0.3, -0.25) is 9.89 Å². The fourth-order valence-corrected chi connectivity index (χ4v) is 2.62. The molecule has 2 N–H and O–H groups in total. The van der Waals surface area contributed by atoms with Crippen molar-refractivity contribution in [2.45, 2.75) is 6.54 Å². The van der Waals surface area contributed by atoms with Crippen LogP contribution in [0.5, 0.6) is 5.75 Å². The number of aromatic amines is 1. The van der Waals surface area contributed by atoms with Crippen molar-refractivity contribution in [2.75, 3.05) is 7.11 Å². The zero-order valence-electron chi connectivity index (χ0n) is 12.2. The molecular weight excluding hydrogens is 319 g/mol. The molecule has 0 fully saturated rings. The van der Waals surface area contributed by atoms with Gasteiger partial charge in [0.1, 0.15) is 5.82 Å². The van der Waals surface area contributed by atoms with Crippen LogP contribution in [0.1, 0.15) is 16.2 Å². The van der Waals surface area contributed by atoms with Crippen molar-refractivity contribution in [3.05, 3.63) is 52.9 Å². The second-order valence-electron chi connectivity index (χ2n) is 4.62. The summed E-state index contributed by atoms with van der Waals surface area (Å²) in [5.41, 5.74) is 0.307. The van der Waals surface area contributed by atoms with Crippen LogP contribution in [-0.4, -0.2) is 28.2 Å². The van der Waals surface area contributed by atoms with Crippen LogP contribution in [0.2, 0.25) is 0 Å². The van der Waals surface area contributed by atoms with Crippen molar-refractivity contribution >= 4 is 17.2 Å². The molecule has 0 unspecified atom stereocenters. The molecule has 6 nitrogen and oxygen atoms in total. The lowest BCUT2D eigenvalue weighted by Crippen LogP contribution is -2.23. The Kier molecular flexibility index (Phi) is 4.33. The van der Waals surface area contributed by atoms with E-state index >= 15 is 0 Å². The minimum Gasteiger partial charge on any atom is -0.494 e. The van der Waals surface area contributed by atoms with Gasteiger partial charge in [-0.2, -0.15) is 5.10 Å². The molecule has 23 heavy (non-hydrogen) atoms. The Balaban J connectivity index is 1.65. The van der Waals surface area contributed by atoms with Crippen LogP contribution < -0.4 is 10.1 Å². The first kappa shape index (κ1) is 15.2. The summed E-state index contributed by atoms with van der Waals surface area (Å²) in [7, 11) is 1.35. The van der Waals surface area contributed by atoms with Crippen molar-refractivity contribution in [2.24, 2.45) is 0 Å². The molecule has 118 valence electrons. The van der Waals surface area contributed by atoms with Crippen molar-refractivity contribution < 1.29 is 13.9 Å². The van der Waals surface area contributed by atoms with Crippen LogP contribution in [0.4, 0.5) is 4.39 Å². The van der Waals surface area contributed by atoms with Gasteiger partial charge in [0.25, 0.3) is 5.91 Å². The highest BCUT2D eigenvalue weighted by atomic mass is 32.1. The van der Waals surface area contributed by atoms with Gasteiger partial charge in [-0.1, -0.05) is 6.07 Å². The SMILES string of the molecule is COc1cc(C(=O)NCc2nc(-c3cccs3)n[nH]2)ccc1F. The predicted molar refractivity (Wildman–Crippen MR) is 83.8 cm³/mol. The lowest BCUT2D eigenvalue weighted by molar-refractivity contribution is 0.0949. The van der Waals surface area contributed by atoms with Crippen molar-refractivity contribution in [3.8, 4) is 16.5 Å². The number of aromatic nitrogens is 3. The van der Waals surface area contributed by atoms with Crippen LogP contribution in [0.15, 0.2) is 35.7 Å². The second kappa shape index (κ2) is 6.57. The molecule has 2 heterocycles. The summed E-state index contributed by atoms with van der Waals surface area (Å²) in [4.78, 5) is 17.3. The zero-order valence-corrected chi connectivity index (χ0v) is 13.0. The number of hydrogen-bond acceptors (Lipinski definition) is 5. The number of carbonyl (C=O) groups is 1. The molecule has 0 radical (unpaired) electrons. The smallest absolute Gasteiger partial charge is 0.251 e. The monoisotopic (exact) mass is 332 g/mol. The van der Waals surface area contributed by atoms with Gasteiger partial charge in [-0.05, 0) is 29.6 Å². The third-order valence-electron chi connectivity index (χ3n) is 3.10. The standard InChI is InChI=1S/C15H13FN4O2S/c1-22-11-7-9(4-5-10(11)16)15(21)17-8-13-18-14(20-19-13)12-3-2-6-23-12/h2-7H,8H2,1H3,(H,17,21)(H,18,19,20). The van der Waals surface area contributed by atoms with E-state index in [0.29, 0.717) is 17.2 Å². The van der Waals surface area contributed by atoms with Gasteiger partial charge in [-0.15, -0.1) is 11.3 Å². The highest BCUT2D eigenvalue weighted by molar-refractivity contribution is 7.13. The van der Waals surface area contributed by atoms with E-state index in [1.165, 1.54) is 36.6 Å². The Morgan fingerprint density at radius 1 is 1.43 bits per heavy atom. The molecule has 2 aromatic heterocycles. The average Bonchev–Trinajstić information content (AvgIpc) is 3.24. The Hall–Kier alpha value is -2.74. The summed E-state index contributed by atoms with van der Waals surface area (Å²) in [5.74, 6) is 0.290. The van der Waals surface area contributed by atoms with Crippen molar-refractivity contribution in [1.82, 2.24) is 20.5 Å². The maximum absolute atomic E-state index is 13.3. The summed E-state index contributed by atoms with van der Waals surface area (Å²) in [6, 6.07) is 7.77. The first-order valence-electron chi connectivity index (χ1n) is 6.74. The van der Waals surface area contributed by atoms with E-state index in [0.717, 1.165) is 4.88 Å². The molecule has 1 amide bonds. The van der Waals surface area contributed by atoms with Crippen LogP contribution in [0.3, 0.4) is 0 Å². The van der Waals surface area contributed by atoms with Gasteiger partial charge in [0, 0.05) is 5.56 Å². The molecule has 0 aliphatic carbocycles. The van der Waals surface area contributed by atoms with E-state index < -0.39 is 5.82 Å². The number of hydrogen-bond donors (Lipinski definition) is 2. The summed E-state index contributed by atoms with van der Waals surface area (Å²) in [6.07, 6.45) is 0. The Morgan fingerprint density at radius 3 is 3.04 bits per heavy atom. The number of nitrogens with one attached hydrogen (secondary N) is 2. The minimum atomic E-state index is -0.514. The Labute approximate surface area is 135 Å². The third-order valence-corrected chi connectivity index (χ3v) is 3.97. The number of thiophene rings is 1. The molecule has 0 saturated carbocycles. The van der Waals surface area contributed by atoms with E-state index in [4.69, 9.17) is 4.74 Å². The van der Waals surface area contributed by atoms with E-state index in [2.05, 4.69) is 20.5 Å². The maximum atomic E-state index is 13.3. The largest absolute Gasteiger partial charge is 0.494 e. The van der Waals surface area contributed by atoms with Gasteiger partial charge >= 0.3 is 0 Å². The molecule has 0 atom stereocenters. The van der Waals surface area contributed by atoms with E-state index in [1.807, 2.05) is 17.5 Å². The van der Waals surface area contributed by atoms with Gasteiger partial charge < -0.3 is 10.1 Å². The minimum absolute atomic E-state index is 0.0253. The molecule has 0 bridgehead atoms. The first-order chi connectivity index (χ1) is 11.2. The molecule has 1 aromatic carbocycles. The maximum Gasteiger partial charge on any atom is 0.251 e. The van der Waals surface area contributed by atoms with Gasteiger partial charge in [0.15, 0.2) is 17.4 Å². The summed E-state index contributed by atoms with van der Waals surface area (Å²) >= 11 is 1.53. The number of carbonyl (C=O) groups excluding carboxylic acids is 1. The Morgan fingerprint density at radius 2 is 2.30 bits per heavy atom. The third kappa shape index (κ3) is 3.37. The second-order valence-corrected chi connectivity index (χ2v) is 5.56. The molecule has 0 aliphatic rings. The molecule has 0 aliphatic heterocycles. The molecule has 0 saturated heterocycles. The number of nitrogens with zero attached hydrogens (tertiary/aromatic N) is 2. The molecule has 3 rings (SSSR count). The number of methoxy groups -OCH3 is 1. The zero-order chi connectivity index (χ0) is 16.2. The highest BCUT2D eigenvalue weighted by Gasteiger charge is 2.12. The lowest BCUT2D eigenvalue weighted by atomic mass is 10.2. The highest BCUT2D eigenvalue weighted by Crippen LogP contribution is 2.20. The predicted octanol–water partition coefficient (Wildman–Crippen LogP) is 2.61. The van der Waals surface area contributed by atoms with Gasteiger partial charge in [0.05, 0.1) is 18.5 Å². The average molecular weight is 332 g/mol.